The third-order valence-corrected chi connectivity index (χ3v) is 11.3. The molecule has 1 N–H and O–H groups in total. The molecule has 1 aromatic carbocycles. The SMILES string of the molecule is CCOC(=O)C[C@]1(C)/C(=N\Nc2ccc([N+](=O)[O-])cc2[N+](=O)[O-])CC[C@H]2[C@H]3CC[C@H]([C@@H](C)CCCC(C)C)[C@]3(C)CC[C@H]21. The molecule has 3 fully saturated rings. The number of carbonyl (C=O) groups is 1. The van der Waals surface area contributed by atoms with Crippen molar-refractivity contribution in [3.8, 4) is 0 Å². The number of hydrogen-bond donors (Lipinski definition) is 1. The van der Waals surface area contributed by atoms with Gasteiger partial charge < -0.3 is 4.74 Å². The first kappa shape index (κ1) is 32.9. The van der Waals surface area contributed by atoms with Gasteiger partial charge in [-0.15, -0.1) is 0 Å². The van der Waals surface area contributed by atoms with Crippen molar-refractivity contribution in [2.45, 2.75) is 106 Å². The molecular formula is C33H50N4O6. The van der Waals surface area contributed by atoms with Crippen molar-refractivity contribution in [1.82, 2.24) is 0 Å². The molecule has 0 unspecified atom stereocenters. The second kappa shape index (κ2) is 13.3. The number of carbonyl (C=O) groups excluding carboxylic acids is 1. The predicted octanol–water partition coefficient (Wildman–Crippen LogP) is 8.55. The lowest BCUT2D eigenvalue weighted by Gasteiger charge is -2.57. The van der Waals surface area contributed by atoms with Crippen molar-refractivity contribution in [3.05, 3.63) is 38.4 Å². The summed E-state index contributed by atoms with van der Waals surface area (Å²) in [6.45, 7) is 13.8. The van der Waals surface area contributed by atoms with Crippen LogP contribution in [0.2, 0.25) is 0 Å². The fraction of sp³-hybridized carbons (Fsp3) is 0.758. The maximum absolute atomic E-state index is 13.0. The Morgan fingerprint density at radius 2 is 1.81 bits per heavy atom. The summed E-state index contributed by atoms with van der Waals surface area (Å²) >= 11 is 0. The molecule has 1 aromatic rings. The fourth-order valence-electron chi connectivity index (χ4n) is 9.24. The smallest absolute Gasteiger partial charge is 0.306 e. The molecule has 4 rings (SSSR count). The van der Waals surface area contributed by atoms with E-state index in [1.807, 2.05) is 0 Å². The van der Waals surface area contributed by atoms with Gasteiger partial charge in [-0.3, -0.25) is 30.4 Å². The predicted molar refractivity (Wildman–Crippen MR) is 168 cm³/mol. The number of nitro groups is 2. The van der Waals surface area contributed by atoms with E-state index in [2.05, 4.69) is 40.0 Å². The first-order valence-corrected chi connectivity index (χ1v) is 16.2. The van der Waals surface area contributed by atoms with Crippen molar-refractivity contribution in [3.63, 3.8) is 0 Å². The first-order chi connectivity index (χ1) is 20.3. The highest BCUT2D eigenvalue weighted by Gasteiger charge is 2.60. The number of esters is 1. The lowest BCUT2D eigenvalue weighted by molar-refractivity contribution is -0.393. The fourth-order valence-corrected chi connectivity index (χ4v) is 9.24. The summed E-state index contributed by atoms with van der Waals surface area (Å²) < 4.78 is 5.43. The summed E-state index contributed by atoms with van der Waals surface area (Å²) in [7, 11) is 0. The molecule has 238 valence electrons. The minimum absolute atomic E-state index is 0.0880. The lowest BCUT2D eigenvalue weighted by Crippen LogP contribution is -2.53. The number of hydrogen-bond acceptors (Lipinski definition) is 8. The molecule has 0 bridgehead atoms. The van der Waals surface area contributed by atoms with E-state index >= 15 is 0 Å². The van der Waals surface area contributed by atoms with E-state index in [0.29, 0.717) is 36.2 Å². The van der Waals surface area contributed by atoms with Gasteiger partial charge in [0.05, 0.1) is 28.9 Å². The average molecular weight is 599 g/mol. The van der Waals surface area contributed by atoms with Gasteiger partial charge in [0.15, 0.2) is 0 Å². The van der Waals surface area contributed by atoms with Crippen LogP contribution in [-0.4, -0.2) is 28.1 Å². The van der Waals surface area contributed by atoms with E-state index in [1.54, 1.807) is 6.92 Å². The molecule has 10 heteroatoms. The average Bonchev–Trinajstić information content (AvgIpc) is 3.29. The zero-order valence-electron chi connectivity index (χ0n) is 26.8. The Bertz CT molecular complexity index is 1230. The summed E-state index contributed by atoms with van der Waals surface area (Å²) in [5.41, 5.74) is 2.74. The van der Waals surface area contributed by atoms with Crippen LogP contribution in [0.1, 0.15) is 106 Å². The monoisotopic (exact) mass is 598 g/mol. The highest BCUT2D eigenvalue weighted by Crippen LogP contribution is 2.66. The molecule has 7 atom stereocenters. The van der Waals surface area contributed by atoms with Crippen molar-refractivity contribution in [1.29, 1.82) is 0 Å². The number of fused-ring (bicyclic) bond motifs is 3. The van der Waals surface area contributed by atoms with Crippen LogP contribution < -0.4 is 5.43 Å². The molecule has 0 saturated heterocycles. The summed E-state index contributed by atoms with van der Waals surface area (Å²) in [5.74, 6) is 3.27. The topological polar surface area (TPSA) is 137 Å². The summed E-state index contributed by atoms with van der Waals surface area (Å²) in [6.07, 6.45) is 10.4. The van der Waals surface area contributed by atoms with Crippen molar-refractivity contribution in [2.24, 2.45) is 51.4 Å². The molecule has 0 spiro atoms. The van der Waals surface area contributed by atoms with Gasteiger partial charge in [0.1, 0.15) is 5.69 Å². The van der Waals surface area contributed by atoms with Gasteiger partial charge in [-0.25, -0.2) is 0 Å². The standard InChI is InChI=1S/C33H50N4O6/c1-7-43-31(38)20-33(6)27-17-18-32(5)25(22(4)10-8-9-21(2)3)13-14-26(32)24(27)12-16-30(33)35-34-28-15-11-23(36(39)40)19-29(28)37(41)42/h11,15,19,21-22,24-27,34H,7-10,12-14,16-18,20H2,1-6H3/b35-30-/t22-,24-,25+,26+,27+,32-,33-/m0/s1. The molecule has 0 aromatic heterocycles. The Kier molecular flexibility index (Phi) is 10.2. The Balaban J connectivity index is 1.60. The molecule has 3 aliphatic rings. The number of benzene rings is 1. The molecule has 3 saturated carbocycles. The van der Waals surface area contributed by atoms with Gasteiger partial charge in [-0.05, 0) is 92.4 Å². The van der Waals surface area contributed by atoms with Crippen LogP contribution in [0.15, 0.2) is 23.3 Å². The molecule has 10 nitrogen and oxygen atoms in total. The zero-order valence-corrected chi connectivity index (χ0v) is 26.8. The number of ether oxygens (including phenoxy) is 1. The van der Waals surface area contributed by atoms with Gasteiger partial charge in [-0.2, -0.15) is 5.10 Å². The first-order valence-electron chi connectivity index (χ1n) is 16.2. The summed E-state index contributed by atoms with van der Waals surface area (Å²) in [4.78, 5) is 34.6. The van der Waals surface area contributed by atoms with Crippen LogP contribution in [-0.2, 0) is 9.53 Å². The highest BCUT2D eigenvalue weighted by atomic mass is 16.6. The van der Waals surface area contributed by atoms with E-state index in [-0.39, 0.29) is 29.7 Å². The van der Waals surface area contributed by atoms with E-state index in [1.165, 1.54) is 44.2 Å². The number of anilines is 1. The molecule has 0 aliphatic heterocycles. The van der Waals surface area contributed by atoms with Crippen molar-refractivity contribution in [2.75, 3.05) is 12.0 Å². The Morgan fingerprint density at radius 1 is 1.07 bits per heavy atom. The molecule has 0 radical (unpaired) electrons. The molecule has 0 amide bonds. The van der Waals surface area contributed by atoms with Gasteiger partial charge in [0.25, 0.3) is 5.69 Å². The maximum Gasteiger partial charge on any atom is 0.306 e. The van der Waals surface area contributed by atoms with Gasteiger partial charge >= 0.3 is 11.7 Å². The third kappa shape index (κ3) is 6.73. The normalized spacial score (nSPS) is 31.7. The van der Waals surface area contributed by atoms with Gasteiger partial charge in [0.2, 0.25) is 0 Å². The molecule has 0 heterocycles. The number of rotatable bonds is 12. The van der Waals surface area contributed by atoms with Crippen LogP contribution in [0.4, 0.5) is 17.1 Å². The number of nitro benzene ring substituents is 2. The minimum Gasteiger partial charge on any atom is -0.466 e. The number of non-ortho nitro benzene ring substituents is 1. The van der Waals surface area contributed by atoms with Crippen LogP contribution in [0.5, 0.6) is 0 Å². The zero-order chi connectivity index (χ0) is 31.5. The Morgan fingerprint density at radius 3 is 2.47 bits per heavy atom. The number of nitrogens with zero attached hydrogens (tertiary/aromatic N) is 3. The van der Waals surface area contributed by atoms with Crippen LogP contribution in [0, 0.1) is 66.6 Å². The van der Waals surface area contributed by atoms with E-state index in [0.717, 1.165) is 42.9 Å². The highest BCUT2D eigenvalue weighted by molar-refractivity contribution is 5.94. The van der Waals surface area contributed by atoms with Crippen LogP contribution in [0.3, 0.4) is 0 Å². The number of nitrogens with one attached hydrogen (secondary N) is 1. The van der Waals surface area contributed by atoms with E-state index in [9.17, 15) is 25.0 Å². The largest absolute Gasteiger partial charge is 0.466 e. The Hall–Kier alpha value is -3.04. The number of hydrazone groups is 1. The third-order valence-electron chi connectivity index (χ3n) is 11.3. The van der Waals surface area contributed by atoms with Gasteiger partial charge in [0, 0.05) is 17.2 Å². The van der Waals surface area contributed by atoms with Gasteiger partial charge in [-0.1, -0.05) is 53.9 Å². The summed E-state index contributed by atoms with van der Waals surface area (Å²) in [5, 5.41) is 27.6. The maximum atomic E-state index is 13.0. The van der Waals surface area contributed by atoms with E-state index < -0.39 is 20.9 Å². The Labute approximate surface area is 255 Å². The second-order valence-corrected chi connectivity index (χ2v) is 14.2. The molecule has 43 heavy (non-hydrogen) atoms. The van der Waals surface area contributed by atoms with E-state index in [4.69, 9.17) is 9.84 Å². The van der Waals surface area contributed by atoms with Crippen molar-refractivity contribution >= 4 is 28.7 Å². The second-order valence-electron chi connectivity index (χ2n) is 14.2. The summed E-state index contributed by atoms with van der Waals surface area (Å²) in [6, 6.07) is 3.49. The van der Waals surface area contributed by atoms with Crippen LogP contribution >= 0.6 is 0 Å². The molecule has 3 aliphatic carbocycles. The molecular weight excluding hydrogens is 548 g/mol. The van der Waals surface area contributed by atoms with Crippen molar-refractivity contribution < 1.29 is 19.4 Å². The quantitative estimate of drug-likeness (QED) is 0.144. The van der Waals surface area contributed by atoms with Crippen LogP contribution in [0.25, 0.3) is 0 Å². The lowest BCUT2D eigenvalue weighted by atomic mass is 9.47. The minimum atomic E-state index is -0.656.